The Bertz CT molecular complexity index is 234. The van der Waals surface area contributed by atoms with Crippen LogP contribution in [-0.2, 0) is 9.53 Å². The summed E-state index contributed by atoms with van der Waals surface area (Å²) in [4.78, 5) is 11.0. The van der Waals surface area contributed by atoms with E-state index in [1.165, 1.54) is 6.26 Å². The van der Waals surface area contributed by atoms with Gasteiger partial charge < -0.3 is 4.74 Å². The van der Waals surface area contributed by atoms with Crippen LogP contribution in [0.25, 0.3) is 0 Å². The number of esters is 1. The standard InChI is InChI=1S/C10H14O2/c1-5-9(4)10(11)12-7-6-8(2)3/h5-7H,2H2,1,3-4H3/b7-6?,9-5-. The minimum absolute atomic E-state index is 0.324. The molecule has 0 spiro atoms. The summed E-state index contributed by atoms with van der Waals surface area (Å²) in [7, 11) is 0. The van der Waals surface area contributed by atoms with Crippen LogP contribution in [0.2, 0.25) is 0 Å². The van der Waals surface area contributed by atoms with Gasteiger partial charge >= 0.3 is 5.97 Å². The molecule has 0 aliphatic carbocycles. The van der Waals surface area contributed by atoms with Crippen LogP contribution < -0.4 is 0 Å². The molecule has 2 heteroatoms. The highest BCUT2D eigenvalue weighted by Gasteiger charge is 2.00. The highest BCUT2D eigenvalue weighted by Crippen LogP contribution is 1.97. The number of carbonyl (C=O) groups excluding carboxylic acids is 1. The molecule has 0 amide bonds. The number of hydrogen-bond acceptors (Lipinski definition) is 2. The maximum absolute atomic E-state index is 11.0. The van der Waals surface area contributed by atoms with Crippen molar-refractivity contribution in [2.45, 2.75) is 20.8 Å². The van der Waals surface area contributed by atoms with E-state index in [-0.39, 0.29) is 5.97 Å². The van der Waals surface area contributed by atoms with Gasteiger partial charge in [0.2, 0.25) is 0 Å². The molecule has 2 nitrogen and oxygen atoms in total. The van der Waals surface area contributed by atoms with Gasteiger partial charge in [0, 0.05) is 5.57 Å². The topological polar surface area (TPSA) is 26.3 Å². The van der Waals surface area contributed by atoms with E-state index in [1.54, 1.807) is 26.0 Å². The van der Waals surface area contributed by atoms with Gasteiger partial charge in [0.15, 0.2) is 0 Å². The summed E-state index contributed by atoms with van der Waals surface area (Å²) in [6.07, 6.45) is 4.69. The molecule has 0 bridgehead atoms. The fourth-order valence-electron chi connectivity index (χ4n) is 0.423. The van der Waals surface area contributed by atoms with Gasteiger partial charge in [0.25, 0.3) is 0 Å². The van der Waals surface area contributed by atoms with Crippen molar-refractivity contribution in [3.8, 4) is 0 Å². The van der Waals surface area contributed by atoms with Crippen molar-refractivity contribution in [1.82, 2.24) is 0 Å². The zero-order valence-electron chi connectivity index (χ0n) is 7.76. The van der Waals surface area contributed by atoms with Crippen molar-refractivity contribution in [3.63, 3.8) is 0 Å². The Morgan fingerprint density at radius 1 is 1.42 bits per heavy atom. The number of rotatable bonds is 3. The number of allylic oxidation sites excluding steroid dienone is 3. The number of carbonyl (C=O) groups is 1. The van der Waals surface area contributed by atoms with Gasteiger partial charge in [-0.25, -0.2) is 4.79 Å². The normalized spacial score (nSPS) is 11.8. The van der Waals surface area contributed by atoms with E-state index in [4.69, 9.17) is 4.74 Å². The Labute approximate surface area is 73.2 Å². The average molecular weight is 166 g/mol. The molecule has 0 saturated carbocycles. The minimum Gasteiger partial charge on any atom is -0.431 e. The molecule has 66 valence electrons. The molecule has 0 saturated heterocycles. The summed E-state index contributed by atoms with van der Waals surface area (Å²) in [6, 6.07) is 0. The second-order valence-electron chi connectivity index (χ2n) is 2.53. The second kappa shape index (κ2) is 5.35. The van der Waals surface area contributed by atoms with Gasteiger partial charge in [-0.15, -0.1) is 0 Å². The lowest BCUT2D eigenvalue weighted by atomic mass is 10.3. The molecular formula is C10H14O2. The lowest BCUT2D eigenvalue weighted by Crippen LogP contribution is -2.00. The van der Waals surface area contributed by atoms with E-state index in [2.05, 4.69) is 6.58 Å². The van der Waals surface area contributed by atoms with E-state index in [0.29, 0.717) is 5.57 Å². The van der Waals surface area contributed by atoms with Crippen molar-refractivity contribution < 1.29 is 9.53 Å². The van der Waals surface area contributed by atoms with Gasteiger partial charge in [0.05, 0.1) is 6.26 Å². The van der Waals surface area contributed by atoms with Gasteiger partial charge in [-0.05, 0) is 26.8 Å². The van der Waals surface area contributed by atoms with E-state index in [1.807, 2.05) is 6.92 Å². The molecule has 0 atom stereocenters. The fraction of sp³-hybridized carbons (Fsp3) is 0.300. The third kappa shape index (κ3) is 4.50. The molecule has 0 rings (SSSR count). The van der Waals surface area contributed by atoms with Crippen LogP contribution in [-0.4, -0.2) is 5.97 Å². The molecule has 0 fully saturated rings. The third-order valence-electron chi connectivity index (χ3n) is 1.28. The second-order valence-corrected chi connectivity index (χ2v) is 2.53. The quantitative estimate of drug-likeness (QED) is 0.279. The van der Waals surface area contributed by atoms with Crippen molar-refractivity contribution in [3.05, 3.63) is 36.1 Å². The van der Waals surface area contributed by atoms with Gasteiger partial charge in [-0.1, -0.05) is 18.2 Å². The summed E-state index contributed by atoms with van der Waals surface area (Å²) >= 11 is 0. The zero-order valence-corrected chi connectivity index (χ0v) is 7.76. The third-order valence-corrected chi connectivity index (χ3v) is 1.28. The highest BCUT2D eigenvalue weighted by atomic mass is 16.5. The molecular weight excluding hydrogens is 152 g/mol. The van der Waals surface area contributed by atoms with Crippen molar-refractivity contribution >= 4 is 5.97 Å². The Hall–Kier alpha value is -1.31. The van der Waals surface area contributed by atoms with Gasteiger partial charge in [-0.3, -0.25) is 0 Å². The summed E-state index contributed by atoms with van der Waals surface area (Å²) in [5.74, 6) is -0.324. The van der Waals surface area contributed by atoms with Gasteiger partial charge in [0.1, 0.15) is 0 Å². The van der Waals surface area contributed by atoms with Crippen LogP contribution in [0.3, 0.4) is 0 Å². The van der Waals surface area contributed by atoms with Gasteiger partial charge in [-0.2, -0.15) is 0 Å². The van der Waals surface area contributed by atoms with Crippen LogP contribution in [0, 0.1) is 0 Å². The van der Waals surface area contributed by atoms with Crippen molar-refractivity contribution in [2.24, 2.45) is 0 Å². The Morgan fingerprint density at radius 3 is 2.42 bits per heavy atom. The Kier molecular flexibility index (Phi) is 4.77. The first-order chi connectivity index (χ1) is 5.57. The molecule has 0 unspecified atom stereocenters. The predicted octanol–water partition coefficient (Wildman–Crippen LogP) is 2.59. The number of ether oxygens (including phenoxy) is 1. The van der Waals surface area contributed by atoms with Crippen LogP contribution in [0.15, 0.2) is 36.1 Å². The molecule has 0 aliphatic rings. The SMILES string of the molecule is C=C(C)C=COC(=O)/C(C)=C\C. The Balaban J connectivity index is 3.96. The fourth-order valence-corrected chi connectivity index (χ4v) is 0.423. The molecule has 0 aromatic rings. The summed E-state index contributed by atoms with van der Waals surface area (Å²) in [6.45, 7) is 8.95. The van der Waals surface area contributed by atoms with E-state index in [9.17, 15) is 4.79 Å². The van der Waals surface area contributed by atoms with E-state index >= 15 is 0 Å². The maximum atomic E-state index is 11.0. The summed E-state index contributed by atoms with van der Waals surface area (Å²) < 4.78 is 4.76. The van der Waals surface area contributed by atoms with E-state index < -0.39 is 0 Å². The zero-order chi connectivity index (χ0) is 9.56. The van der Waals surface area contributed by atoms with Crippen LogP contribution in [0.4, 0.5) is 0 Å². The summed E-state index contributed by atoms with van der Waals surface area (Å²) in [5.41, 5.74) is 1.45. The van der Waals surface area contributed by atoms with Crippen LogP contribution in [0.1, 0.15) is 20.8 Å². The average Bonchev–Trinajstić information content (AvgIpc) is 2.02. The maximum Gasteiger partial charge on any atom is 0.338 e. The smallest absolute Gasteiger partial charge is 0.338 e. The van der Waals surface area contributed by atoms with Crippen LogP contribution in [0.5, 0.6) is 0 Å². The molecule has 0 radical (unpaired) electrons. The van der Waals surface area contributed by atoms with E-state index in [0.717, 1.165) is 5.57 Å². The molecule has 0 N–H and O–H groups in total. The predicted molar refractivity (Wildman–Crippen MR) is 49.5 cm³/mol. The Morgan fingerprint density at radius 2 is 2.00 bits per heavy atom. The number of hydrogen-bond donors (Lipinski definition) is 0. The first-order valence-corrected chi connectivity index (χ1v) is 3.74. The first-order valence-electron chi connectivity index (χ1n) is 3.74. The highest BCUT2D eigenvalue weighted by molar-refractivity contribution is 5.88. The van der Waals surface area contributed by atoms with Crippen LogP contribution >= 0.6 is 0 Å². The first kappa shape index (κ1) is 10.7. The minimum atomic E-state index is -0.324. The lowest BCUT2D eigenvalue weighted by molar-refractivity contribution is -0.133. The largest absolute Gasteiger partial charge is 0.431 e. The van der Waals surface area contributed by atoms with Crippen molar-refractivity contribution in [1.29, 1.82) is 0 Å². The summed E-state index contributed by atoms with van der Waals surface area (Å²) in [5, 5.41) is 0. The van der Waals surface area contributed by atoms with Crippen molar-refractivity contribution in [2.75, 3.05) is 0 Å². The molecule has 0 aromatic carbocycles. The molecule has 0 heterocycles. The molecule has 12 heavy (non-hydrogen) atoms. The molecule has 0 aromatic heterocycles. The monoisotopic (exact) mass is 166 g/mol. The molecule has 0 aliphatic heterocycles. The lowest BCUT2D eigenvalue weighted by Gasteiger charge is -1.96.